The summed E-state index contributed by atoms with van der Waals surface area (Å²) in [6.07, 6.45) is 0. The van der Waals surface area contributed by atoms with Crippen molar-refractivity contribution in [3.63, 3.8) is 0 Å². The Bertz CT molecular complexity index is 457. The van der Waals surface area contributed by atoms with Crippen LogP contribution in [-0.4, -0.2) is 38.6 Å². The summed E-state index contributed by atoms with van der Waals surface area (Å²) in [6, 6.07) is 8.09. The summed E-state index contributed by atoms with van der Waals surface area (Å²) in [5, 5.41) is 0. The normalized spacial score (nSPS) is 20.0. The second-order valence-electron chi connectivity index (χ2n) is 6.33. The summed E-state index contributed by atoms with van der Waals surface area (Å²) in [7, 11) is 1.32. The highest BCUT2D eigenvalue weighted by atomic mass is 16.7. The van der Waals surface area contributed by atoms with E-state index < -0.39 is 0 Å². The molecule has 0 bridgehead atoms. The lowest BCUT2D eigenvalue weighted by molar-refractivity contribution is 0.00578. The van der Waals surface area contributed by atoms with Crippen molar-refractivity contribution in [1.82, 2.24) is 0 Å². The lowest BCUT2D eigenvalue weighted by Crippen LogP contribution is -2.41. The minimum Gasteiger partial charge on any atom is -0.399 e. The first-order valence-electron chi connectivity index (χ1n) is 7.37. The highest BCUT2D eigenvalue weighted by Crippen LogP contribution is 2.36. The van der Waals surface area contributed by atoms with Crippen LogP contribution in [0.2, 0.25) is 0 Å². The van der Waals surface area contributed by atoms with Crippen molar-refractivity contribution in [1.29, 1.82) is 0 Å². The monoisotopic (exact) mass is 292 g/mol. The first-order chi connectivity index (χ1) is 9.87. The van der Waals surface area contributed by atoms with Gasteiger partial charge in [-0.2, -0.15) is 0 Å². The lowest BCUT2D eigenvalue weighted by Gasteiger charge is -2.32. The van der Waals surface area contributed by atoms with E-state index in [1.54, 1.807) is 7.11 Å². The summed E-state index contributed by atoms with van der Waals surface area (Å²) >= 11 is 0. The van der Waals surface area contributed by atoms with Crippen molar-refractivity contribution in [2.24, 2.45) is 0 Å². The molecule has 2 rings (SSSR count). The molecule has 0 saturated carbocycles. The predicted octanol–water partition coefficient (Wildman–Crippen LogP) is 2.15. The molecule has 1 aromatic rings. The van der Waals surface area contributed by atoms with Crippen LogP contribution in [0.25, 0.3) is 0 Å². The third-order valence-corrected chi connectivity index (χ3v) is 4.25. The van der Waals surface area contributed by atoms with E-state index in [1.807, 2.05) is 24.3 Å². The fourth-order valence-corrected chi connectivity index (χ4v) is 2.19. The summed E-state index contributed by atoms with van der Waals surface area (Å²) in [5.41, 5.74) is 1.46. The summed E-state index contributed by atoms with van der Waals surface area (Å²) < 4.78 is 22.8. The number of benzene rings is 1. The Morgan fingerprint density at radius 1 is 1.00 bits per heavy atom. The molecule has 4 nitrogen and oxygen atoms in total. The Hall–Kier alpha value is -0.875. The zero-order valence-electron chi connectivity index (χ0n) is 13.6. The Balaban J connectivity index is 2.10. The number of hydrogen-bond acceptors (Lipinski definition) is 4. The molecule has 1 aliphatic rings. The molecule has 0 atom stereocenters. The van der Waals surface area contributed by atoms with Gasteiger partial charge >= 0.3 is 7.12 Å². The van der Waals surface area contributed by atoms with E-state index in [-0.39, 0.29) is 18.3 Å². The maximum absolute atomic E-state index is 6.12. The minimum atomic E-state index is -0.350. The third-order valence-electron chi connectivity index (χ3n) is 4.25. The van der Waals surface area contributed by atoms with E-state index in [9.17, 15) is 0 Å². The molecular weight excluding hydrogens is 267 g/mol. The zero-order valence-corrected chi connectivity index (χ0v) is 13.6. The number of rotatable bonds is 6. The highest BCUT2D eigenvalue weighted by molar-refractivity contribution is 6.62. The van der Waals surface area contributed by atoms with Crippen molar-refractivity contribution in [2.45, 2.75) is 45.5 Å². The van der Waals surface area contributed by atoms with Gasteiger partial charge in [0.25, 0.3) is 0 Å². The summed E-state index contributed by atoms with van der Waals surface area (Å²) in [5.74, 6) is 0. The average Bonchev–Trinajstić information content (AvgIpc) is 2.64. The maximum atomic E-state index is 6.12. The van der Waals surface area contributed by atoms with E-state index in [4.69, 9.17) is 18.8 Å². The quantitative estimate of drug-likeness (QED) is 0.594. The van der Waals surface area contributed by atoms with Crippen molar-refractivity contribution >= 4 is 12.6 Å². The number of ether oxygens (including phenoxy) is 2. The Labute approximate surface area is 127 Å². The standard InChI is InChI=1S/C16H25BO4/c1-15(2)16(3,4)21-17(20-15)14-9-7-6-8-13(14)12-19-11-10-18-5/h6-9H,10-12H2,1-5H3. The van der Waals surface area contributed by atoms with Crippen molar-refractivity contribution in [3.8, 4) is 0 Å². The van der Waals surface area contributed by atoms with Gasteiger partial charge in [0.15, 0.2) is 0 Å². The van der Waals surface area contributed by atoms with Crippen molar-refractivity contribution in [2.75, 3.05) is 20.3 Å². The predicted molar refractivity (Wildman–Crippen MR) is 83.7 cm³/mol. The number of methoxy groups -OCH3 is 1. The van der Waals surface area contributed by atoms with Crippen molar-refractivity contribution < 1.29 is 18.8 Å². The molecule has 0 N–H and O–H groups in total. The van der Waals surface area contributed by atoms with Crippen molar-refractivity contribution in [3.05, 3.63) is 29.8 Å². The van der Waals surface area contributed by atoms with Gasteiger partial charge in [-0.3, -0.25) is 0 Å². The first-order valence-corrected chi connectivity index (χ1v) is 7.37. The second-order valence-corrected chi connectivity index (χ2v) is 6.33. The van der Waals surface area contributed by atoms with Gasteiger partial charge in [-0.1, -0.05) is 24.3 Å². The van der Waals surface area contributed by atoms with Crippen LogP contribution in [0.3, 0.4) is 0 Å². The molecule has 1 saturated heterocycles. The van der Waals surface area contributed by atoms with Crippen LogP contribution in [0.1, 0.15) is 33.3 Å². The van der Waals surface area contributed by atoms with Gasteiger partial charge in [-0.25, -0.2) is 0 Å². The molecule has 1 aromatic carbocycles. The van der Waals surface area contributed by atoms with Gasteiger partial charge in [0, 0.05) is 7.11 Å². The van der Waals surface area contributed by atoms with Crippen LogP contribution in [0.5, 0.6) is 0 Å². The molecular formula is C16H25BO4. The van der Waals surface area contributed by atoms with Crippen LogP contribution < -0.4 is 5.46 Å². The van der Waals surface area contributed by atoms with Crippen LogP contribution in [-0.2, 0) is 25.4 Å². The first kappa shape index (κ1) is 16.5. The molecule has 0 radical (unpaired) electrons. The van der Waals surface area contributed by atoms with E-state index in [0.717, 1.165) is 11.0 Å². The SMILES string of the molecule is COCCOCc1ccccc1B1OC(C)(C)C(C)(C)O1. The maximum Gasteiger partial charge on any atom is 0.495 e. The average molecular weight is 292 g/mol. The lowest BCUT2D eigenvalue weighted by atomic mass is 9.76. The molecule has 0 amide bonds. The second kappa shape index (κ2) is 6.49. The zero-order chi connectivity index (χ0) is 15.5. The fraction of sp³-hybridized carbons (Fsp3) is 0.625. The molecule has 1 fully saturated rings. The third kappa shape index (κ3) is 3.66. The summed E-state index contributed by atoms with van der Waals surface area (Å²) in [6.45, 7) is 9.95. The number of hydrogen-bond donors (Lipinski definition) is 0. The fourth-order valence-electron chi connectivity index (χ4n) is 2.19. The van der Waals surface area contributed by atoms with Crippen LogP contribution in [0, 0.1) is 0 Å². The molecule has 0 unspecified atom stereocenters. The topological polar surface area (TPSA) is 36.9 Å². The molecule has 0 aromatic heterocycles. The van der Waals surface area contributed by atoms with E-state index in [2.05, 4.69) is 27.7 Å². The Kier molecular flexibility index (Phi) is 5.09. The molecule has 1 heterocycles. The van der Waals surface area contributed by atoms with Gasteiger partial charge < -0.3 is 18.8 Å². The van der Waals surface area contributed by atoms with Gasteiger partial charge in [0.2, 0.25) is 0 Å². The van der Waals surface area contributed by atoms with Gasteiger partial charge in [-0.15, -0.1) is 0 Å². The molecule has 0 aliphatic carbocycles. The smallest absolute Gasteiger partial charge is 0.399 e. The Morgan fingerprint density at radius 3 is 2.24 bits per heavy atom. The Morgan fingerprint density at radius 2 is 1.62 bits per heavy atom. The summed E-state index contributed by atoms with van der Waals surface area (Å²) in [4.78, 5) is 0. The minimum absolute atomic E-state index is 0.332. The molecule has 21 heavy (non-hydrogen) atoms. The largest absolute Gasteiger partial charge is 0.495 e. The highest BCUT2D eigenvalue weighted by Gasteiger charge is 2.52. The molecule has 116 valence electrons. The molecule has 5 heteroatoms. The van der Waals surface area contributed by atoms with Crippen LogP contribution in [0.4, 0.5) is 0 Å². The molecule has 1 aliphatic heterocycles. The van der Waals surface area contributed by atoms with Gasteiger partial charge in [0.1, 0.15) is 0 Å². The van der Waals surface area contributed by atoms with Gasteiger partial charge in [-0.05, 0) is 38.7 Å². The van der Waals surface area contributed by atoms with E-state index in [1.165, 1.54) is 0 Å². The van der Waals surface area contributed by atoms with Crippen LogP contribution in [0.15, 0.2) is 24.3 Å². The molecule has 0 spiro atoms. The van der Waals surface area contributed by atoms with E-state index >= 15 is 0 Å². The van der Waals surface area contributed by atoms with Gasteiger partial charge in [0.05, 0.1) is 31.0 Å². The van der Waals surface area contributed by atoms with E-state index in [0.29, 0.717) is 19.8 Å². The van der Waals surface area contributed by atoms with Crippen LogP contribution >= 0.6 is 0 Å².